The second-order valence-electron chi connectivity index (χ2n) is 4.79. The van der Waals surface area contributed by atoms with E-state index in [0.29, 0.717) is 16.4 Å². The van der Waals surface area contributed by atoms with Gasteiger partial charge < -0.3 is 15.8 Å². The maximum absolute atomic E-state index is 13.8. The second kappa shape index (κ2) is 6.54. The fourth-order valence-corrected chi connectivity index (χ4v) is 2.48. The Hall–Kier alpha value is -1.46. The number of anilines is 3. The molecule has 3 N–H and O–H groups in total. The molecule has 2 aromatic rings. The number of halogens is 3. The molecular formula is C15H15BrClFN2O. The summed E-state index contributed by atoms with van der Waals surface area (Å²) in [4.78, 5) is 0. The van der Waals surface area contributed by atoms with Crippen LogP contribution in [0.3, 0.4) is 0 Å². The molecule has 6 heteroatoms. The zero-order valence-corrected chi connectivity index (χ0v) is 13.9. The minimum atomic E-state index is -0.492. The molecule has 0 unspecified atom stereocenters. The lowest BCUT2D eigenvalue weighted by Crippen LogP contribution is -2.08. The Labute approximate surface area is 136 Å². The molecule has 0 aliphatic carbocycles. The van der Waals surface area contributed by atoms with E-state index >= 15 is 0 Å². The van der Waals surface area contributed by atoms with Crippen LogP contribution in [0.2, 0.25) is 5.02 Å². The van der Waals surface area contributed by atoms with Crippen LogP contribution in [0.1, 0.15) is 13.8 Å². The molecule has 0 bridgehead atoms. The van der Waals surface area contributed by atoms with E-state index in [1.165, 1.54) is 12.1 Å². The van der Waals surface area contributed by atoms with Crippen LogP contribution in [0, 0.1) is 5.82 Å². The van der Waals surface area contributed by atoms with Crippen molar-refractivity contribution in [3.63, 3.8) is 0 Å². The summed E-state index contributed by atoms with van der Waals surface area (Å²) >= 11 is 9.49. The Balaban J connectivity index is 2.34. The molecule has 2 aromatic carbocycles. The van der Waals surface area contributed by atoms with Gasteiger partial charge in [0.1, 0.15) is 0 Å². The summed E-state index contributed by atoms with van der Waals surface area (Å²) in [7, 11) is 0. The average Bonchev–Trinajstić information content (AvgIpc) is 2.37. The first kappa shape index (κ1) is 15.9. The van der Waals surface area contributed by atoms with Gasteiger partial charge >= 0.3 is 0 Å². The number of benzene rings is 2. The van der Waals surface area contributed by atoms with Gasteiger partial charge in [-0.15, -0.1) is 0 Å². The highest BCUT2D eigenvalue weighted by Gasteiger charge is 2.12. The van der Waals surface area contributed by atoms with Crippen molar-refractivity contribution in [2.75, 3.05) is 11.1 Å². The lowest BCUT2D eigenvalue weighted by Gasteiger charge is -2.15. The van der Waals surface area contributed by atoms with Crippen molar-refractivity contribution in [2.24, 2.45) is 0 Å². The van der Waals surface area contributed by atoms with E-state index in [1.807, 2.05) is 19.9 Å². The Kier molecular flexibility index (Phi) is 4.96. The molecule has 0 spiro atoms. The van der Waals surface area contributed by atoms with Crippen LogP contribution in [0.4, 0.5) is 21.5 Å². The van der Waals surface area contributed by atoms with Crippen molar-refractivity contribution in [1.29, 1.82) is 0 Å². The lowest BCUT2D eigenvalue weighted by atomic mass is 10.2. The van der Waals surface area contributed by atoms with Crippen molar-refractivity contribution in [1.82, 2.24) is 0 Å². The van der Waals surface area contributed by atoms with Gasteiger partial charge in [-0.1, -0.05) is 27.5 Å². The zero-order chi connectivity index (χ0) is 15.6. The second-order valence-corrected chi connectivity index (χ2v) is 6.11. The van der Waals surface area contributed by atoms with E-state index in [0.717, 1.165) is 4.47 Å². The minimum Gasteiger partial charge on any atom is -0.488 e. The summed E-state index contributed by atoms with van der Waals surface area (Å²) < 4.78 is 20.1. The fraction of sp³-hybridized carbons (Fsp3) is 0.200. The highest BCUT2D eigenvalue weighted by molar-refractivity contribution is 9.10. The predicted octanol–water partition coefficient (Wildman–Crippen LogP) is 5.35. The van der Waals surface area contributed by atoms with Gasteiger partial charge in [0.2, 0.25) is 0 Å². The highest BCUT2D eigenvalue weighted by atomic mass is 79.9. The molecule has 0 aliphatic heterocycles. The lowest BCUT2D eigenvalue weighted by molar-refractivity contribution is 0.231. The van der Waals surface area contributed by atoms with E-state index in [4.69, 9.17) is 22.1 Å². The van der Waals surface area contributed by atoms with Crippen molar-refractivity contribution in [3.05, 3.63) is 45.6 Å². The van der Waals surface area contributed by atoms with Gasteiger partial charge in [-0.05, 0) is 32.0 Å². The predicted molar refractivity (Wildman–Crippen MR) is 89.0 cm³/mol. The Morgan fingerprint density at radius 1 is 1.24 bits per heavy atom. The third kappa shape index (κ3) is 4.02. The van der Waals surface area contributed by atoms with E-state index in [9.17, 15) is 4.39 Å². The van der Waals surface area contributed by atoms with Gasteiger partial charge in [-0.2, -0.15) is 0 Å². The van der Waals surface area contributed by atoms with Crippen LogP contribution in [-0.2, 0) is 0 Å². The summed E-state index contributed by atoms with van der Waals surface area (Å²) in [6.07, 6.45) is -0.132. The third-order valence-electron chi connectivity index (χ3n) is 2.67. The summed E-state index contributed by atoms with van der Waals surface area (Å²) in [6.45, 7) is 3.66. The van der Waals surface area contributed by atoms with Crippen molar-refractivity contribution in [3.8, 4) is 5.75 Å². The molecule has 0 atom stereocenters. The topological polar surface area (TPSA) is 47.3 Å². The van der Waals surface area contributed by atoms with E-state index in [-0.39, 0.29) is 17.5 Å². The van der Waals surface area contributed by atoms with Crippen molar-refractivity contribution in [2.45, 2.75) is 20.0 Å². The molecule has 3 nitrogen and oxygen atoms in total. The van der Waals surface area contributed by atoms with Crippen LogP contribution < -0.4 is 15.8 Å². The first-order valence-corrected chi connectivity index (χ1v) is 7.51. The summed E-state index contributed by atoms with van der Waals surface area (Å²) in [5, 5.41) is 3.61. The van der Waals surface area contributed by atoms with Crippen LogP contribution in [0.15, 0.2) is 34.8 Å². The van der Waals surface area contributed by atoms with Gasteiger partial charge in [0.05, 0.1) is 28.2 Å². The third-order valence-corrected chi connectivity index (χ3v) is 3.47. The minimum absolute atomic E-state index is 0.132. The molecule has 0 saturated carbocycles. The molecule has 0 saturated heterocycles. The van der Waals surface area contributed by atoms with Crippen LogP contribution >= 0.6 is 27.5 Å². The van der Waals surface area contributed by atoms with Gasteiger partial charge in [0, 0.05) is 16.6 Å². The van der Waals surface area contributed by atoms with Crippen molar-refractivity contribution < 1.29 is 9.13 Å². The van der Waals surface area contributed by atoms with Gasteiger partial charge in [0.15, 0.2) is 11.6 Å². The smallest absolute Gasteiger partial charge is 0.167 e. The van der Waals surface area contributed by atoms with Crippen molar-refractivity contribution >= 4 is 44.6 Å². The summed E-state index contributed by atoms with van der Waals surface area (Å²) in [5.41, 5.74) is 7.33. The SMILES string of the molecule is CC(C)Oc1cc(Nc2ccc(Br)cc2Cl)c(N)cc1F. The van der Waals surface area contributed by atoms with Gasteiger partial charge in [-0.25, -0.2) is 4.39 Å². The average molecular weight is 374 g/mol. The molecule has 0 aliphatic rings. The monoisotopic (exact) mass is 372 g/mol. The number of ether oxygens (including phenoxy) is 1. The molecule has 0 aromatic heterocycles. The maximum atomic E-state index is 13.8. The zero-order valence-electron chi connectivity index (χ0n) is 11.6. The molecule has 0 heterocycles. The number of nitrogen functional groups attached to an aromatic ring is 1. The largest absolute Gasteiger partial charge is 0.488 e. The number of rotatable bonds is 4. The summed E-state index contributed by atoms with van der Waals surface area (Å²) in [6, 6.07) is 8.17. The molecule has 0 amide bonds. The van der Waals surface area contributed by atoms with Gasteiger partial charge in [0.25, 0.3) is 0 Å². The maximum Gasteiger partial charge on any atom is 0.167 e. The van der Waals surface area contributed by atoms with Crippen LogP contribution in [0.25, 0.3) is 0 Å². The fourth-order valence-electron chi connectivity index (χ4n) is 1.76. The van der Waals surface area contributed by atoms with E-state index in [1.54, 1.807) is 12.1 Å². The first-order valence-electron chi connectivity index (χ1n) is 6.34. The molecule has 2 rings (SSSR count). The number of hydrogen-bond donors (Lipinski definition) is 2. The van der Waals surface area contributed by atoms with Crippen LogP contribution in [-0.4, -0.2) is 6.10 Å². The number of nitrogens with two attached hydrogens (primary N) is 1. The number of nitrogens with one attached hydrogen (secondary N) is 1. The van der Waals surface area contributed by atoms with E-state index < -0.39 is 5.82 Å². The normalized spacial score (nSPS) is 10.8. The quantitative estimate of drug-likeness (QED) is 0.710. The Morgan fingerprint density at radius 2 is 1.95 bits per heavy atom. The molecule has 0 radical (unpaired) electrons. The summed E-state index contributed by atoms with van der Waals surface area (Å²) in [5.74, 6) is -0.344. The number of hydrogen-bond acceptors (Lipinski definition) is 3. The molecular weight excluding hydrogens is 359 g/mol. The molecule has 112 valence electrons. The van der Waals surface area contributed by atoms with Crippen LogP contribution in [0.5, 0.6) is 5.75 Å². The molecule has 21 heavy (non-hydrogen) atoms. The first-order chi connectivity index (χ1) is 9.86. The standard InChI is InChI=1S/C15H15BrClFN2O/c1-8(2)21-15-7-14(12(19)6-11(15)18)20-13-4-3-9(16)5-10(13)17/h3-8,20H,19H2,1-2H3. The molecule has 0 fully saturated rings. The van der Waals surface area contributed by atoms with E-state index in [2.05, 4.69) is 21.2 Å². The Bertz CT molecular complexity index is 664. The highest BCUT2D eigenvalue weighted by Crippen LogP contribution is 2.34. The van der Waals surface area contributed by atoms with Gasteiger partial charge in [-0.3, -0.25) is 0 Å². The Morgan fingerprint density at radius 3 is 2.57 bits per heavy atom.